The molecule has 0 aromatic rings. The third-order valence-electron chi connectivity index (χ3n) is 1.91. The molecule has 0 radical (unpaired) electrons. The minimum Gasteiger partial charge on any atom is -0.480 e. The lowest BCUT2D eigenvalue weighted by Gasteiger charge is -2.17. The molecule has 1 amide bonds. The molecule has 1 aliphatic rings. The van der Waals surface area contributed by atoms with Gasteiger partial charge in [-0.05, 0) is 6.42 Å². The van der Waals surface area contributed by atoms with E-state index in [2.05, 4.69) is 0 Å². The maximum atomic E-state index is 11.0. The summed E-state index contributed by atoms with van der Waals surface area (Å²) in [6, 6.07) is -0.952. The summed E-state index contributed by atoms with van der Waals surface area (Å²) < 4.78 is 0. The molecule has 0 spiro atoms. The van der Waals surface area contributed by atoms with E-state index in [0.717, 1.165) is 6.42 Å². The molecule has 0 aliphatic carbocycles. The van der Waals surface area contributed by atoms with Gasteiger partial charge in [0.05, 0.1) is 0 Å². The molecule has 0 unspecified atom stereocenters. The van der Waals surface area contributed by atoms with Gasteiger partial charge >= 0.3 is 5.97 Å². The van der Waals surface area contributed by atoms with E-state index in [1.54, 1.807) is 0 Å². The zero-order chi connectivity index (χ0) is 9.14. The predicted octanol–water partition coefficient (Wildman–Crippen LogP) is -0.558. The Hall–Kier alpha value is -0.810. The lowest BCUT2D eigenvalue weighted by Crippen LogP contribution is -2.43. The zero-order valence-electron chi connectivity index (χ0n) is 7.10. The van der Waals surface area contributed by atoms with Crippen LogP contribution in [0.2, 0.25) is 0 Å². The Bertz CT molecular complexity index is 210. The molecule has 0 aromatic heterocycles. The Balaban J connectivity index is 0.00000144. The molecule has 1 rings (SSSR count). The molecule has 13 heavy (non-hydrogen) atoms. The van der Waals surface area contributed by atoms with Crippen molar-refractivity contribution < 1.29 is 14.7 Å². The van der Waals surface area contributed by atoms with Crippen molar-refractivity contribution in [3.05, 3.63) is 0 Å². The molecule has 1 saturated heterocycles. The molecular formula is C7H13ClN2O3. The first kappa shape index (κ1) is 12.2. The fourth-order valence-electron chi connectivity index (χ4n) is 1.21. The molecule has 5 nitrogen and oxygen atoms in total. The third-order valence-corrected chi connectivity index (χ3v) is 1.91. The largest absolute Gasteiger partial charge is 0.480 e. The number of carbonyl (C=O) groups is 2. The van der Waals surface area contributed by atoms with Gasteiger partial charge in [-0.2, -0.15) is 0 Å². The number of carboxylic acids is 1. The van der Waals surface area contributed by atoms with Crippen molar-refractivity contribution in [1.82, 2.24) is 4.90 Å². The van der Waals surface area contributed by atoms with Gasteiger partial charge in [-0.15, -0.1) is 12.4 Å². The van der Waals surface area contributed by atoms with Crippen molar-refractivity contribution >= 4 is 24.3 Å². The number of aliphatic carboxylic acids is 1. The van der Waals surface area contributed by atoms with Crippen LogP contribution in [0.4, 0.5) is 0 Å². The number of nitrogens with two attached hydrogens (primary N) is 1. The number of carbonyl (C=O) groups excluding carboxylic acids is 1. The topological polar surface area (TPSA) is 83.6 Å². The summed E-state index contributed by atoms with van der Waals surface area (Å²) in [6.45, 7) is 0.772. The minimum absolute atomic E-state index is 0. The summed E-state index contributed by atoms with van der Waals surface area (Å²) in [6.07, 6.45) is 1.33. The lowest BCUT2D eigenvalue weighted by atomic mass is 10.3. The molecule has 0 bridgehead atoms. The molecule has 1 aliphatic heterocycles. The third kappa shape index (κ3) is 3.20. The van der Waals surface area contributed by atoms with Gasteiger partial charge in [-0.25, -0.2) is 0 Å². The second-order valence-corrected chi connectivity index (χ2v) is 2.89. The maximum absolute atomic E-state index is 11.0. The van der Waals surface area contributed by atoms with E-state index in [-0.39, 0.29) is 24.9 Å². The molecule has 3 N–H and O–H groups in total. The van der Waals surface area contributed by atoms with Crippen molar-refractivity contribution in [3.63, 3.8) is 0 Å². The molecule has 0 saturated carbocycles. The monoisotopic (exact) mass is 208 g/mol. The highest BCUT2D eigenvalue weighted by Crippen LogP contribution is 2.09. The van der Waals surface area contributed by atoms with E-state index < -0.39 is 12.0 Å². The van der Waals surface area contributed by atoms with Crippen LogP contribution in [0.5, 0.6) is 0 Å². The number of hydrogen-bond acceptors (Lipinski definition) is 3. The summed E-state index contributed by atoms with van der Waals surface area (Å²) in [4.78, 5) is 22.8. The van der Waals surface area contributed by atoms with Crippen molar-refractivity contribution in [2.75, 3.05) is 13.1 Å². The molecular weight excluding hydrogens is 196 g/mol. The molecule has 0 aromatic carbocycles. The Morgan fingerprint density at radius 2 is 2.31 bits per heavy atom. The molecule has 1 atom stereocenters. The number of rotatable bonds is 3. The van der Waals surface area contributed by atoms with Gasteiger partial charge in [-0.3, -0.25) is 9.59 Å². The molecule has 1 fully saturated rings. The first-order valence-corrected chi connectivity index (χ1v) is 3.87. The summed E-state index contributed by atoms with van der Waals surface area (Å²) in [7, 11) is 0. The Labute approximate surface area is 82.3 Å². The maximum Gasteiger partial charge on any atom is 0.322 e. The van der Waals surface area contributed by atoms with Crippen molar-refractivity contribution in [1.29, 1.82) is 0 Å². The van der Waals surface area contributed by atoms with Crippen LogP contribution in [0.15, 0.2) is 0 Å². The zero-order valence-corrected chi connectivity index (χ0v) is 7.92. The Morgan fingerprint density at radius 1 is 1.69 bits per heavy atom. The van der Waals surface area contributed by atoms with E-state index >= 15 is 0 Å². The summed E-state index contributed by atoms with van der Waals surface area (Å²) in [5, 5.41) is 8.47. The van der Waals surface area contributed by atoms with Crippen LogP contribution in [0.3, 0.4) is 0 Å². The van der Waals surface area contributed by atoms with Crippen molar-refractivity contribution in [3.8, 4) is 0 Å². The SMILES string of the molecule is Cl.N[C@@H](CN1CCCC1=O)C(=O)O. The van der Waals surface area contributed by atoms with Gasteiger partial charge in [0.2, 0.25) is 5.91 Å². The predicted molar refractivity (Wildman–Crippen MR) is 48.7 cm³/mol. The number of hydrogen-bond donors (Lipinski definition) is 2. The van der Waals surface area contributed by atoms with Gasteiger partial charge in [-0.1, -0.05) is 0 Å². The van der Waals surface area contributed by atoms with Gasteiger partial charge < -0.3 is 15.7 Å². The van der Waals surface area contributed by atoms with Crippen LogP contribution >= 0.6 is 12.4 Å². The van der Waals surface area contributed by atoms with Gasteiger partial charge in [0.15, 0.2) is 0 Å². The van der Waals surface area contributed by atoms with E-state index in [1.807, 2.05) is 0 Å². The lowest BCUT2D eigenvalue weighted by molar-refractivity contribution is -0.139. The van der Waals surface area contributed by atoms with Crippen LogP contribution in [-0.2, 0) is 9.59 Å². The summed E-state index contributed by atoms with van der Waals surface area (Å²) in [5.74, 6) is -1.05. The quantitative estimate of drug-likeness (QED) is 0.652. The average molecular weight is 209 g/mol. The minimum atomic E-state index is -1.06. The first-order valence-electron chi connectivity index (χ1n) is 3.87. The van der Waals surface area contributed by atoms with Crippen LogP contribution in [0.1, 0.15) is 12.8 Å². The second-order valence-electron chi connectivity index (χ2n) is 2.89. The standard InChI is InChI=1S/C7H12N2O3.ClH/c8-5(7(11)12)4-9-3-1-2-6(9)10;/h5H,1-4,8H2,(H,11,12);1H/t5-;/m0./s1. The Morgan fingerprint density at radius 3 is 2.69 bits per heavy atom. The van der Waals surface area contributed by atoms with Gasteiger partial charge in [0, 0.05) is 19.5 Å². The number of likely N-dealkylation sites (tertiary alicyclic amines) is 1. The highest BCUT2D eigenvalue weighted by atomic mass is 35.5. The van der Waals surface area contributed by atoms with Crippen LogP contribution in [0.25, 0.3) is 0 Å². The highest BCUT2D eigenvalue weighted by Gasteiger charge is 2.24. The number of carboxylic acid groups (broad SMARTS) is 1. The average Bonchev–Trinajstić information content (AvgIpc) is 2.36. The smallest absolute Gasteiger partial charge is 0.322 e. The second kappa shape index (κ2) is 5.04. The van der Waals surface area contributed by atoms with Crippen LogP contribution in [-0.4, -0.2) is 41.0 Å². The fourth-order valence-corrected chi connectivity index (χ4v) is 1.21. The Kier molecular flexibility index (Phi) is 4.72. The van der Waals surface area contributed by atoms with E-state index in [1.165, 1.54) is 4.90 Å². The summed E-state index contributed by atoms with van der Waals surface area (Å²) >= 11 is 0. The van der Waals surface area contributed by atoms with Gasteiger partial charge in [0.25, 0.3) is 0 Å². The van der Waals surface area contributed by atoms with Gasteiger partial charge in [0.1, 0.15) is 6.04 Å². The van der Waals surface area contributed by atoms with Crippen molar-refractivity contribution in [2.24, 2.45) is 5.73 Å². The number of amides is 1. The number of nitrogens with zero attached hydrogens (tertiary/aromatic N) is 1. The summed E-state index contributed by atoms with van der Waals surface area (Å²) in [5.41, 5.74) is 5.27. The van der Waals surface area contributed by atoms with Crippen LogP contribution < -0.4 is 5.73 Å². The van der Waals surface area contributed by atoms with Crippen LogP contribution in [0, 0.1) is 0 Å². The molecule has 1 heterocycles. The van der Waals surface area contributed by atoms with E-state index in [9.17, 15) is 9.59 Å². The normalized spacial score (nSPS) is 18.2. The first-order chi connectivity index (χ1) is 5.61. The van der Waals surface area contributed by atoms with Crippen molar-refractivity contribution in [2.45, 2.75) is 18.9 Å². The molecule has 76 valence electrons. The highest BCUT2D eigenvalue weighted by molar-refractivity contribution is 5.85. The number of halogens is 1. The molecule has 6 heteroatoms. The van der Waals surface area contributed by atoms with E-state index in [0.29, 0.717) is 13.0 Å². The fraction of sp³-hybridized carbons (Fsp3) is 0.714. The van der Waals surface area contributed by atoms with E-state index in [4.69, 9.17) is 10.8 Å².